The van der Waals surface area contributed by atoms with E-state index in [1.54, 1.807) is 18.3 Å². The molecule has 0 spiro atoms. The number of hydrogen-bond acceptors (Lipinski definition) is 4. The van der Waals surface area contributed by atoms with Crippen molar-refractivity contribution in [3.8, 4) is 0 Å². The van der Waals surface area contributed by atoms with Gasteiger partial charge in [-0.3, -0.25) is 4.72 Å². The minimum Gasteiger partial charge on any atom is -0.378 e. The zero-order chi connectivity index (χ0) is 13.9. The predicted octanol–water partition coefficient (Wildman–Crippen LogP) is 1.70. The minimum absolute atomic E-state index is 0.529. The first kappa shape index (κ1) is 13.4. The molecule has 3 N–H and O–H groups in total. The van der Waals surface area contributed by atoms with E-state index in [9.17, 15) is 8.42 Å². The molecule has 0 bridgehead atoms. The van der Waals surface area contributed by atoms with Crippen LogP contribution < -0.4 is 10.0 Å². The van der Waals surface area contributed by atoms with Crippen LogP contribution in [0.1, 0.15) is 11.5 Å². The highest BCUT2D eigenvalue weighted by Gasteiger charge is 2.06. The van der Waals surface area contributed by atoms with E-state index >= 15 is 0 Å². The number of imidazole rings is 1. The monoisotopic (exact) mass is 280 g/mol. The van der Waals surface area contributed by atoms with Gasteiger partial charge in [-0.05, 0) is 19.1 Å². The highest BCUT2D eigenvalue weighted by molar-refractivity contribution is 7.92. The van der Waals surface area contributed by atoms with Crippen LogP contribution in [0, 0.1) is 6.92 Å². The maximum absolute atomic E-state index is 11.3. The number of aryl methyl sites for hydroxylation is 1. The Morgan fingerprint density at radius 3 is 2.53 bits per heavy atom. The Labute approximate surface area is 112 Å². The van der Waals surface area contributed by atoms with Gasteiger partial charge in [-0.25, -0.2) is 13.4 Å². The van der Waals surface area contributed by atoms with Gasteiger partial charge in [-0.15, -0.1) is 0 Å². The average molecular weight is 280 g/mol. The highest BCUT2D eigenvalue weighted by atomic mass is 32.2. The van der Waals surface area contributed by atoms with E-state index in [0.29, 0.717) is 12.2 Å². The Hall–Kier alpha value is -2.02. The summed E-state index contributed by atoms with van der Waals surface area (Å²) < 4.78 is 25.0. The summed E-state index contributed by atoms with van der Waals surface area (Å²) in [6.07, 6.45) is 2.87. The fraction of sp³-hybridized carbons (Fsp3) is 0.250. The molecule has 0 saturated carbocycles. The number of H-pyrrole nitrogens is 1. The first-order chi connectivity index (χ1) is 8.94. The minimum atomic E-state index is -3.29. The predicted molar refractivity (Wildman–Crippen MR) is 75.6 cm³/mol. The molecule has 0 aliphatic rings. The molecule has 19 heavy (non-hydrogen) atoms. The molecule has 1 aromatic heterocycles. The number of sulfonamides is 1. The third-order valence-electron chi connectivity index (χ3n) is 2.45. The lowest BCUT2D eigenvalue weighted by atomic mass is 10.2. The van der Waals surface area contributed by atoms with Crippen molar-refractivity contribution in [1.82, 2.24) is 9.97 Å². The third-order valence-corrected chi connectivity index (χ3v) is 3.04. The van der Waals surface area contributed by atoms with Gasteiger partial charge in [0.2, 0.25) is 10.0 Å². The smallest absolute Gasteiger partial charge is 0.229 e. The van der Waals surface area contributed by atoms with Gasteiger partial charge in [-0.1, -0.05) is 12.1 Å². The van der Waals surface area contributed by atoms with Crippen LogP contribution in [0.25, 0.3) is 0 Å². The second-order valence-electron chi connectivity index (χ2n) is 4.27. The van der Waals surface area contributed by atoms with Crippen molar-refractivity contribution in [3.05, 3.63) is 42.0 Å². The molecule has 0 amide bonds. The first-order valence-corrected chi connectivity index (χ1v) is 7.64. The lowest BCUT2D eigenvalue weighted by Crippen LogP contribution is -2.12. The summed E-state index contributed by atoms with van der Waals surface area (Å²) in [5.74, 6) is 0.847. The van der Waals surface area contributed by atoms with Crippen molar-refractivity contribution >= 4 is 21.4 Å². The molecular weight excluding hydrogens is 264 g/mol. The summed E-state index contributed by atoms with van der Waals surface area (Å²) in [6, 6.07) is 7.14. The number of aromatic amines is 1. The van der Waals surface area contributed by atoms with Crippen LogP contribution in [0.2, 0.25) is 0 Å². The number of benzene rings is 1. The van der Waals surface area contributed by atoms with Crippen LogP contribution >= 0.6 is 0 Å². The summed E-state index contributed by atoms with van der Waals surface area (Å²) in [7, 11) is -3.29. The van der Waals surface area contributed by atoms with Crippen LogP contribution in [0.3, 0.4) is 0 Å². The number of nitrogens with zero attached hydrogens (tertiary/aromatic N) is 1. The van der Waals surface area contributed by atoms with Crippen LogP contribution in [0.5, 0.6) is 0 Å². The van der Waals surface area contributed by atoms with Crippen LogP contribution in [0.4, 0.5) is 11.4 Å². The van der Waals surface area contributed by atoms with Gasteiger partial charge in [0.1, 0.15) is 5.82 Å². The molecule has 0 radical (unpaired) electrons. The summed E-state index contributed by atoms with van der Waals surface area (Å²) >= 11 is 0. The lowest BCUT2D eigenvalue weighted by molar-refractivity contribution is 0.607. The van der Waals surface area contributed by atoms with Gasteiger partial charge in [0.05, 0.1) is 36.1 Å². The Bertz CT molecular complexity index is 664. The molecule has 0 aliphatic heterocycles. The highest BCUT2D eigenvalue weighted by Crippen LogP contribution is 2.22. The summed E-state index contributed by atoms with van der Waals surface area (Å²) in [6.45, 7) is 2.42. The van der Waals surface area contributed by atoms with E-state index in [1.807, 2.05) is 19.1 Å². The molecule has 0 unspecified atom stereocenters. The summed E-state index contributed by atoms with van der Waals surface area (Å²) in [5, 5.41) is 3.17. The van der Waals surface area contributed by atoms with Crippen molar-refractivity contribution in [1.29, 1.82) is 0 Å². The van der Waals surface area contributed by atoms with Crippen molar-refractivity contribution in [3.63, 3.8) is 0 Å². The molecule has 0 saturated heterocycles. The molecule has 0 atom stereocenters. The zero-order valence-electron chi connectivity index (χ0n) is 10.8. The number of aromatic nitrogens is 2. The second-order valence-corrected chi connectivity index (χ2v) is 6.02. The van der Waals surface area contributed by atoms with E-state index in [4.69, 9.17) is 0 Å². The molecule has 6 nitrogen and oxygen atoms in total. The van der Waals surface area contributed by atoms with Gasteiger partial charge < -0.3 is 10.3 Å². The van der Waals surface area contributed by atoms with E-state index in [0.717, 1.165) is 23.5 Å². The SMILES string of the molecule is Cc1ncc(CNc2ccccc2NS(C)(=O)=O)[nH]1. The number of rotatable bonds is 5. The number of nitrogens with one attached hydrogen (secondary N) is 3. The zero-order valence-corrected chi connectivity index (χ0v) is 11.6. The second kappa shape index (κ2) is 5.31. The number of para-hydroxylation sites is 2. The van der Waals surface area contributed by atoms with Gasteiger partial charge in [0, 0.05) is 0 Å². The molecular formula is C12H16N4O2S. The van der Waals surface area contributed by atoms with Crippen molar-refractivity contribution in [2.75, 3.05) is 16.3 Å². The number of hydrogen-bond donors (Lipinski definition) is 3. The third kappa shape index (κ3) is 3.99. The Kier molecular flexibility index (Phi) is 3.75. The van der Waals surface area contributed by atoms with E-state index < -0.39 is 10.0 Å². The van der Waals surface area contributed by atoms with E-state index in [1.165, 1.54) is 0 Å². The number of anilines is 2. The molecule has 2 rings (SSSR count). The van der Waals surface area contributed by atoms with Gasteiger partial charge >= 0.3 is 0 Å². The molecule has 0 aliphatic carbocycles. The normalized spacial score (nSPS) is 11.3. The van der Waals surface area contributed by atoms with Crippen LogP contribution in [0.15, 0.2) is 30.5 Å². The quantitative estimate of drug-likeness (QED) is 0.778. The molecule has 102 valence electrons. The fourth-order valence-electron chi connectivity index (χ4n) is 1.68. The van der Waals surface area contributed by atoms with Crippen molar-refractivity contribution in [2.45, 2.75) is 13.5 Å². The maximum atomic E-state index is 11.3. The molecule has 7 heteroatoms. The maximum Gasteiger partial charge on any atom is 0.229 e. The van der Waals surface area contributed by atoms with Crippen LogP contribution in [-0.2, 0) is 16.6 Å². The molecule has 0 fully saturated rings. The molecule has 1 aromatic carbocycles. The summed E-state index contributed by atoms with van der Waals surface area (Å²) in [4.78, 5) is 7.21. The standard InChI is InChI=1S/C12H16N4O2S/c1-9-13-7-10(15-9)8-14-11-5-3-4-6-12(11)16-19(2,17)18/h3-7,14,16H,8H2,1-2H3,(H,13,15). The first-order valence-electron chi connectivity index (χ1n) is 5.75. The van der Waals surface area contributed by atoms with Gasteiger partial charge in [-0.2, -0.15) is 0 Å². The van der Waals surface area contributed by atoms with Crippen molar-refractivity contribution < 1.29 is 8.42 Å². The molecule has 2 aromatic rings. The van der Waals surface area contributed by atoms with Crippen LogP contribution in [-0.4, -0.2) is 24.6 Å². The Balaban J connectivity index is 2.11. The average Bonchev–Trinajstić information content (AvgIpc) is 2.72. The van der Waals surface area contributed by atoms with Gasteiger partial charge in [0.15, 0.2) is 0 Å². The largest absolute Gasteiger partial charge is 0.378 e. The van der Waals surface area contributed by atoms with E-state index in [2.05, 4.69) is 20.0 Å². The summed E-state index contributed by atoms with van der Waals surface area (Å²) in [5.41, 5.74) is 2.19. The van der Waals surface area contributed by atoms with E-state index in [-0.39, 0.29) is 0 Å². The lowest BCUT2D eigenvalue weighted by Gasteiger charge is -2.11. The fourth-order valence-corrected chi connectivity index (χ4v) is 2.26. The van der Waals surface area contributed by atoms with Crippen molar-refractivity contribution in [2.24, 2.45) is 0 Å². The Morgan fingerprint density at radius 2 is 1.95 bits per heavy atom. The topological polar surface area (TPSA) is 86.9 Å². The Morgan fingerprint density at radius 1 is 1.26 bits per heavy atom. The molecule has 1 heterocycles. The van der Waals surface area contributed by atoms with Gasteiger partial charge in [0.25, 0.3) is 0 Å².